The van der Waals surface area contributed by atoms with E-state index in [4.69, 9.17) is 14.2 Å². The molecule has 0 atom stereocenters. The van der Waals surface area contributed by atoms with E-state index >= 15 is 0 Å². The number of hydrogen-bond donors (Lipinski definition) is 1. The number of carbonyl (C=O) groups excluding carboxylic acids is 2. The maximum Gasteiger partial charge on any atom is 0.325 e. The van der Waals surface area contributed by atoms with E-state index in [1.54, 1.807) is 24.3 Å². The van der Waals surface area contributed by atoms with Crippen molar-refractivity contribution >= 4 is 11.9 Å². The van der Waals surface area contributed by atoms with Crippen molar-refractivity contribution in [1.82, 2.24) is 5.32 Å². The molecule has 1 N–H and O–H groups in total. The molecule has 0 saturated heterocycles. The molecule has 0 unspecified atom stereocenters. The van der Waals surface area contributed by atoms with Gasteiger partial charge in [0, 0.05) is 0 Å². The maximum absolute atomic E-state index is 11.9. The predicted molar refractivity (Wildman–Crippen MR) is 112 cm³/mol. The summed E-state index contributed by atoms with van der Waals surface area (Å²) in [6, 6.07) is 26.2. The smallest absolute Gasteiger partial charge is 0.325 e. The molecule has 6 nitrogen and oxygen atoms in total. The topological polar surface area (TPSA) is 73.9 Å². The van der Waals surface area contributed by atoms with Crippen LogP contribution in [0.1, 0.15) is 11.1 Å². The lowest BCUT2D eigenvalue weighted by Gasteiger charge is -2.09. The summed E-state index contributed by atoms with van der Waals surface area (Å²) in [4.78, 5) is 23.6. The zero-order valence-electron chi connectivity index (χ0n) is 16.5. The summed E-state index contributed by atoms with van der Waals surface area (Å²) in [5.41, 5.74) is 1.97. The van der Waals surface area contributed by atoms with Crippen LogP contribution in [0.25, 0.3) is 0 Å². The van der Waals surface area contributed by atoms with Gasteiger partial charge in [-0.1, -0.05) is 60.7 Å². The minimum absolute atomic E-state index is 0.171. The number of amides is 1. The first-order valence-corrected chi connectivity index (χ1v) is 9.55. The summed E-state index contributed by atoms with van der Waals surface area (Å²) in [6.07, 6.45) is 0. The average Bonchev–Trinajstić information content (AvgIpc) is 2.80. The van der Waals surface area contributed by atoms with Gasteiger partial charge in [0.2, 0.25) is 0 Å². The normalized spacial score (nSPS) is 10.1. The van der Waals surface area contributed by atoms with Crippen LogP contribution in [0.15, 0.2) is 84.9 Å². The highest BCUT2D eigenvalue weighted by atomic mass is 16.5. The number of carbonyl (C=O) groups is 2. The number of benzene rings is 3. The molecule has 6 heteroatoms. The number of rotatable bonds is 10. The highest BCUT2D eigenvalue weighted by Gasteiger charge is 2.08. The van der Waals surface area contributed by atoms with Crippen LogP contribution in [-0.4, -0.2) is 25.0 Å². The van der Waals surface area contributed by atoms with Gasteiger partial charge in [-0.25, -0.2) is 0 Å². The molecule has 0 aliphatic carbocycles. The minimum Gasteiger partial charge on any atom is -0.489 e. The Morgan fingerprint density at radius 2 is 1.20 bits per heavy atom. The summed E-state index contributed by atoms with van der Waals surface area (Å²) in [5, 5.41) is 2.48. The van der Waals surface area contributed by atoms with Gasteiger partial charge in [-0.3, -0.25) is 9.59 Å². The highest BCUT2D eigenvalue weighted by Crippen LogP contribution is 2.18. The second-order valence-electron chi connectivity index (χ2n) is 6.46. The van der Waals surface area contributed by atoms with Crippen molar-refractivity contribution in [2.75, 3.05) is 13.2 Å². The number of hydrogen-bond acceptors (Lipinski definition) is 5. The molecule has 0 fully saturated rings. The van der Waals surface area contributed by atoms with Crippen LogP contribution in [0, 0.1) is 0 Å². The van der Waals surface area contributed by atoms with Crippen LogP contribution >= 0.6 is 0 Å². The summed E-state index contributed by atoms with van der Waals surface area (Å²) in [7, 11) is 0. The van der Waals surface area contributed by atoms with E-state index in [1.807, 2.05) is 60.7 Å². The van der Waals surface area contributed by atoms with E-state index in [9.17, 15) is 9.59 Å². The van der Waals surface area contributed by atoms with Gasteiger partial charge in [0.15, 0.2) is 6.61 Å². The Hall–Kier alpha value is -3.80. The van der Waals surface area contributed by atoms with Crippen molar-refractivity contribution in [3.05, 3.63) is 96.1 Å². The van der Waals surface area contributed by atoms with Crippen LogP contribution in [0.2, 0.25) is 0 Å². The molecule has 3 rings (SSSR count). The van der Waals surface area contributed by atoms with E-state index in [0.29, 0.717) is 18.1 Å². The van der Waals surface area contributed by atoms with E-state index in [1.165, 1.54) is 0 Å². The van der Waals surface area contributed by atoms with Gasteiger partial charge in [-0.05, 0) is 35.4 Å². The lowest BCUT2D eigenvalue weighted by molar-refractivity contribution is -0.145. The van der Waals surface area contributed by atoms with Crippen molar-refractivity contribution in [2.45, 2.75) is 13.2 Å². The molecule has 154 valence electrons. The number of ether oxygens (including phenoxy) is 3. The Bertz CT molecular complexity index is 927. The Morgan fingerprint density at radius 3 is 1.80 bits per heavy atom. The van der Waals surface area contributed by atoms with Crippen molar-refractivity contribution in [2.24, 2.45) is 0 Å². The van der Waals surface area contributed by atoms with E-state index in [0.717, 1.165) is 11.1 Å². The van der Waals surface area contributed by atoms with Crippen molar-refractivity contribution in [3.63, 3.8) is 0 Å². The minimum atomic E-state index is -0.507. The summed E-state index contributed by atoms with van der Waals surface area (Å²) >= 11 is 0. The number of nitrogens with one attached hydrogen (secondary N) is 1. The molecule has 3 aromatic carbocycles. The monoisotopic (exact) mass is 405 g/mol. The molecular formula is C24H23NO5. The molecule has 3 aromatic rings. The third kappa shape index (κ3) is 7.31. The number of esters is 1. The lowest BCUT2D eigenvalue weighted by atomic mass is 10.2. The second kappa shape index (κ2) is 11.3. The molecule has 0 aliphatic rings. The SMILES string of the molecule is O=C(COc1ccc(OCc2ccccc2)cc1)NCC(=O)OCc1ccccc1. The Labute approximate surface area is 175 Å². The van der Waals surface area contributed by atoms with Crippen LogP contribution in [-0.2, 0) is 27.5 Å². The van der Waals surface area contributed by atoms with Gasteiger partial charge < -0.3 is 19.5 Å². The van der Waals surface area contributed by atoms with Crippen molar-refractivity contribution < 1.29 is 23.8 Å². The van der Waals surface area contributed by atoms with Crippen LogP contribution in [0.3, 0.4) is 0 Å². The van der Waals surface area contributed by atoms with Crippen molar-refractivity contribution in [1.29, 1.82) is 0 Å². The van der Waals surface area contributed by atoms with Gasteiger partial charge >= 0.3 is 5.97 Å². The van der Waals surface area contributed by atoms with Crippen LogP contribution in [0.4, 0.5) is 0 Å². The lowest BCUT2D eigenvalue weighted by Crippen LogP contribution is -2.34. The molecule has 0 bridgehead atoms. The third-order valence-corrected chi connectivity index (χ3v) is 4.11. The molecule has 1 amide bonds. The maximum atomic E-state index is 11.9. The quantitative estimate of drug-likeness (QED) is 0.523. The largest absolute Gasteiger partial charge is 0.489 e. The fourth-order valence-corrected chi connectivity index (χ4v) is 2.53. The molecule has 0 saturated carbocycles. The second-order valence-corrected chi connectivity index (χ2v) is 6.46. The van der Waals surface area contributed by atoms with Gasteiger partial charge in [0.25, 0.3) is 5.91 Å². The molecule has 0 radical (unpaired) electrons. The third-order valence-electron chi connectivity index (χ3n) is 4.11. The molecule has 0 aliphatic heterocycles. The van der Waals surface area contributed by atoms with Crippen LogP contribution < -0.4 is 14.8 Å². The van der Waals surface area contributed by atoms with Gasteiger partial charge in [-0.15, -0.1) is 0 Å². The first kappa shape index (κ1) is 20.9. The van der Waals surface area contributed by atoms with Crippen LogP contribution in [0.5, 0.6) is 11.5 Å². The van der Waals surface area contributed by atoms with Crippen molar-refractivity contribution in [3.8, 4) is 11.5 Å². The molecule has 0 spiro atoms. The van der Waals surface area contributed by atoms with E-state index in [-0.39, 0.29) is 19.8 Å². The zero-order valence-corrected chi connectivity index (χ0v) is 16.5. The summed E-state index contributed by atoms with van der Waals surface area (Å²) in [6.45, 7) is 0.242. The molecule has 0 heterocycles. The Balaban J connectivity index is 1.32. The fourth-order valence-electron chi connectivity index (χ4n) is 2.53. The van der Waals surface area contributed by atoms with Gasteiger partial charge in [-0.2, -0.15) is 0 Å². The summed E-state index contributed by atoms with van der Waals surface area (Å²) < 4.78 is 16.2. The predicted octanol–water partition coefficient (Wildman–Crippen LogP) is 3.50. The Kier molecular flexibility index (Phi) is 7.85. The fraction of sp³-hybridized carbons (Fsp3) is 0.167. The van der Waals surface area contributed by atoms with E-state index in [2.05, 4.69) is 5.32 Å². The average molecular weight is 405 g/mol. The molecular weight excluding hydrogens is 382 g/mol. The Morgan fingerprint density at radius 1 is 0.667 bits per heavy atom. The first-order chi connectivity index (χ1) is 14.7. The highest BCUT2D eigenvalue weighted by molar-refractivity contribution is 5.82. The first-order valence-electron chi connectivity index (χ1n) is 9.55. The van der Waals surface area contributed by atoms with Gasteiger partial charge in [0.05, 0.1) is 0 Å². The van der Waals surface area contributed by atoms with Gasteiger partial charge in [0.1, 0.15) is 31.3 Å². The molecule has 30 heavy (non-hydrogen) atoms. The van der Waals surface area contributed by atoms with E-state index < -0.39 is 11.9 Å². The summed E-state index contributed by atoms with van der Waals surface area (Å²) in [5.74, 6) is 0.323. The standard InChI is InChI=1S/C24H23NO5/c26-23(25-15-24(27)30-17-20-9-5-2-6-10-20)18-29-22-13-11-21(12-14-22)28-16-19-7-3-1-4-8-19/h1-14H,15-18H2,(H,25,26). The zero-order chi connectivity index (χ0) is 21.0. The molecule has 0 aromatic heterocycles.